The fourth-order valence-electron chi connectivity index (χ4n) is 2.28. The van der Waals surface area contributed by atoms with Crippen LogP contribution < -0.4 is 16.0 Å². The SMILES string of the molecule is NCCCNc1ccc(N2CCCCC2)cc1. The number of piperidine rings is 1. The molecule has 1 aromatic carbocycles. The number of nitrogens with one attached hydrogen (secondary N) is 1. The molecule has 0 unspecified atom stereocenters. The zero-order valence-corrected chi connectivity index (χ0v) is 10.5. The first-order valence-electron chi connectivity index (χ1n) is 6.69. The van der Waals surface area contributed by atoms with Gasteiger partial charge < -0.3 is 16.0 Å². The molecule has 17 heavy (non-hydrogen) atoms. The zero-order valence-electron chi connectivity index (χ0n) is 10.5. The Hall–Kier alpha value is -1.22. The predicted molar refractivity (Wildman–Crippen MR) is 74.7 cm³/mol. The first-order valence-corrected chi connectivity index (χ1v) is 6.69. The van der Waals surface area contributed by atoms with Crippen LogP contribution in [-0.4, -0.2) is 26.2 Å². The van der Waals surface area contributed by atoms with E-state index in [9.17, 15) is 0 Å². The number of hydrogen-bond acceptors (Lipinski definition) is 3. The maximum Gasteiger partial charge on any atom is 0.0367 e. The quantitative estimate of drug-likeness (QED) is 0.768. The summed E-state index contributed by atoms with van der Waals surface area (Å²) in [6, 6.07) is 8.77. The molecule has 1 aromatic rings. The van der Waals surface area contributed by atoms with E-state index in [2.05, 4.69) is 34.5 Å². The number of anilines is 2. The van der Waals surface area contributed by atoms with Crippen molar-refractivity contribution in [2.45, 2.75) is 25.7 Å². The Kier molecular flexibility index (Phi) is 4.68. The highest BCUT2D eigenvalue weighted by molar-refractivity contribution is 5.55. The van der Waals surface area contributed by atoms with Gasteiger partial charge in [-0.15, -0.1) is 0 Å². The van der Waals surface area contributed by atoms with Crippen molar-refractivity contribution < 1.29 is 0 Å². The highest BCUT2D eigenvalue weighted by Crippen LogP contribution is 2.21. The molecule has 0 saturated carbocycles. The first-order chi connectivity index (χ1) is 8.40. The van der Waals surface area contributed by atoms with E-state index in [1.165, 1.54) is 43.7 Å². The van der Waals surface area contributed by atoms with Gasteiger partial charge in [0.1, 0.15) is 0 Å². The smallest absolute Gasteiger partial charge is 0.0367 e. The van der Waals surface area contributed by atoms with Gasteiger partial charge in [0, 0.05) is 31.0 Å². The summed E-state index contributed by atoms with van der Waals surface area (Å²) in [5.74, 6) is 0. The van der Waals surface area contributed by atoms with Crippen molar-refractivity contribution in [2.24, 2.45) is 5.73 Å². The van der Waals surface area contributed by atoms with Crippen LogP contribution in [0.4, 0.5) is 11.4 Å². The largest absolute Gasteiger partial charge is 0.385 e. The van der Waals surface area contributed by atoms with Gasteiger partial charge in [0.05, 0.1) is 0 Å². The summed E-state index contributed by atoms with van der Waals surface area (Å²) in [6.45, 7) is 4.12. The molecule has 1 heterocycles. The topological polar surface area (TPSA) is 41.3 Å². The van der Waals surface area contributed by atoms with Crippen LogP contribution in [-0.2, 0) is 0 Å². The van der Waals surface area contributed by atoms with Crippen molar-refractivity contribution in [3.8, 4) is 0 Å². The number of benzene rings is 1. The lowest BCUT2D eigenvalue weighted by Crippen LogP contribution is -2.29. The Morgan fingerprint density at radius 1 is 1.06 bits per heavy atom. The van der Waals surface area contributed by atoms with Crippen molar-refractivity contribution in [1.29, 1.82) is 0 Å². The molecule has 0 amide bonds. The van der Waals surface area contributed by atoms with Gasteiger partial charge in [-0.2, -0.15) is 0 Å². The Morgan fingerprint density at radius 3 is 2.41 bits per heavy atom. The normalized spacial score (nSPS) is 15.9. The van der Waals surface area contributed by atoms with Gasteiger partial charge >= 0.3 is 0 Å². The Labute approximate surface area is 104 Å². The predicted octanol–water partition coefficient (Wildman–Crippen LogP) is 2.44. The van der Waals surface area contributed by atoms with Crippen LogP contribution in [0.5, 0.6) is 0 Å². The molecule has 2 rings (SSSR count). The second-order valence-corrected chi connectivity index (χ2v) is 4.66. The fourth-order valence-corrected chi connectivity index (χ4v) is 2.28. The van der Waals surface area contributed by atoms with Crippen LogP contribution in [0, 0.1) is 0 Å². The minimum atomic E-state index is 0.749. The molecule has 0 bridgehead atoms. The van der Waals surface area contributed by atoms with E-state index in [1.807, 2.05) is 0 Å². The molecular formula is C14H23N3. The maximum atomic E-state index is 5.47. The third-order valence-corrected chi connectivity index (χ3v) is 3.30. The summed E-state index contributed by atoms with van der Waals surface area (Å²) >= 11 is 0. The molecule has 0 spiro atoms. The summed E-state index contributed by atoms with van der Waals surface area (Å²) in [6.07, 6.45) is 5.07. The molecule has 94 valence electrons. The molecule has 0 aliphatic carbocycles. The lowest BCUT2D eigenvalue weighted by atomic mass is 10.1. The van der Waals surface area contributed by atoms with Gasteiger partial charge in [-0.25, -0.2) is 0 Å². The molecule has 1 saturated heterocycles. The van der Waals surface area contributed by atoms with Gasteiger partial charge in [-0.3, -0.25) is 0 Å². The van der Waals surface area contributed by atoms with Crippen LogP contribution >= 0.6 is 0 Å². The second-order valence-electron chi connectivity index (χ2n) is 4.66. The minimum absolute atomic E-state index is 0.749. The Balaban J connectivity index is 1.88. The standard InChI is InChI=1S/C14H23N3/c15-9-4-10-16-13-5-7-14(8-6-13)17-11-2-1-3-12-17/h5-8,16H,1-4,9-12,15H2. The van der Waals surface area contributed by atoms with Gasteiger partial charge in [-0.05, 0) is 56.5 Å². The highest BCUT2D eigenvalue weighted by atomic mass is 15.1. The molecular weight excluding hydrogens is 210 g/mol. The monoisotopic (exact) mass is 233 g/mol. The third kappa shape index (κ3) is 3.63. The summed E-state index contributed by atoms with van der Waals surface area (Å²) in [4.78, 5) is 2.48. The van der Waals surface area contributed by atoms with Crippen LogP contribution in [0.2, 0.25) is 0 Å². The molecule has 1 aliphatic heterocycles. The summed E-state index contributed by atoms with van der Waals surface area (Å²) < 4.78 is 0. The highest BCUT2D eigenvalue weighted by Gasteiger charge is 2.10. The van der Waals surface area contributed by atoms with E-state index >= 15 is 0 Å². The second kappa shape index (κ2) is 6.50. The van der Waals surface area contributed by atoms with Crippen molar-refractivity contribution >= 4 is 11.4 Å². The van der Waals surface area contributed by atoms with E-state index in [-0.39, 0.29) is 0 Å². The number of nitrogens with zero attached hydrogens (tertiary/aromatic N) is 1. The van der Waals surface area contributed by atoms with Crippen LogP contribution in [0.3, 0.4) is 0 Å². The molecule has 0 atom stereocenters. The molecule has 3 nitrogen and oxygen atoms in total. The number of hydrogen-bond donors (Lipinski definition) is 2. The van der Waals surface area contributed by atoms with Crippen LogP contribution in [0.15, 0.2) is 24.3 Å². The van der Waals surface area contributed by atoms with Gasteiger partial charge in [0.25, 0.3) is 0 Å². The molecule has 1 aliphatic rings. The summed E-state index contributed by atoms with van der Waals surface area (Å²) in [7, 11) is 0. The van der Waals surface area contributed by atoms with E-state index in [0.29, 0.717) is 0 Å². The molecule has 3 N–H and O–H groups in total. The molecule has 0 radical (unpaired) electrons. The van der Waals surface area contributed by atoms with Crippen molar-refractivity contribution in [3.63, 3.8) is 0 Å². The van der Waals surface area contributed by atoms with Crippen molar-refractivity contribution in [1.82, 2.24) is 0 Å². The van der Waals surface area contributed by atoms with E-state index in [1.54, 1.807) is 0 Å². The molecule has 1 fully saturated rings. The Bertz CT molecular complexity index is 315. The minimum Gasteiger partial charge on any atom is -0.385 e. The average molecular weight is 233 g/mol. The van der Waals surface area contributed by atoms with Crippen LogP contribution in [0.25, 0.3) is 0 Å². The van der Waals surface area contributed by atoms with Gasteiger partial charge in [-0.1, -0.05) is 0 Å². The number of nitrogens with two attached hydrogens (primary N) is 1. The van der Waals surface area contributed by atoms with E-state index < -0.39 is 0 Å². The van der Waals surface area contributed by atoms with E-state index in [0.717, 1.165) is 19.5 Å². The fraction of sp³-hybridized carbons (Fsp3) is 0.571. The molecule has 0 aromatic heterocycles. The lowest BCUT2D eigenvalue weighted by Gasteiger charge is -2.28. The van der Waals surface area contributed by atoms with Crippen LogP contribution in [0.1, 0.15) is 25.7 Å². The first kappa shape index (κ1) is 12.2. The maximum absolute atomic E-state index is 5.47. The van der Waals surface area contributed by atoms with Gasteiger partial charge in [0.2, 0.25) is 0 Å². The van der Waals surface area contributed by atoms with E-state index in [4.69, 9.17) is 5.73 Å². The zero-order chi connectivity index (χ0) is 11.9. The van der Waals surface area contributed by atoms with Gasteiger partial charge in [0.15, 0.2) is 0 Å². The lowest BCUT2D eigenvalue weighted by molar-refractivity contribution is 0.578. The summed E-state index contributed by atoms with van der Waals surface area (Å²) in [5.41, 5.74) is 8.02. The van der Waals surface area contributed by atoms with Crippen molar-refractivity contribution in [2.75, 3.05) is 36.4 Å². The Morgan fingerprint density at radius 2 is 1.76 bits per heavy atom. The third-order valence-electron chi connectivity index (χ3n) is 3.30. The van der Waals surface area contributed by atoms with Crippen molar-refractivity contribution in [3.05, 3.63) is 24.3 Å². The average Bonchev–Trinajstić information content (AvgIpc) is 2.41. The summed E-state index contributed by atoms with van der Waals surface area (Å²) in [5, 5.41) is 3.38. The number of rotatable bonds is 5. The molecule has 3 heteroatoms.